The van der Waals surface area contributed by atoms with Gasteiger partial charge >= 0.3 is 0 Å². The Labute approximate surface area is 171 Å². The maximum atomic E-state index is 12.5. The Morgan fingerprint density at radius 2 is 1.75 bits per heavy atom. The largest absolute Gasteiger partial charge is 0.493 e. The van der Waals surface area contributed by atoms with Crippen LogP contribution in [-0.4, -0.2) is 38.5 Å². The highest BCUT2D eigenvalue weighted by Crippen LogP contribution is 2.33. The molecule has 0 bridgehead atoms. The van der Waals surface area contributed by atoms with Crippen LogP contribution in [0.4, 0.5) is 5.69 Å². The van der Waals surface area contributed by atoms with E-state index in [1.54, 1.807) is 14.2 Å². The van der Waals surface area contributed by atoms with E-state index in [2.05, 4.69) is 34.5 Å². The molecule has 0 saturated carbocycles. The monoisotopic (exact) mass is 400 g/mol. The first-order valence-corrected chi connectivity index (χ1v) is 10.5. The highest BCUT2D eigenvalue weighted by Gasteiger charge is 2.16. The first-order valence-electron chi connectivity index (χ1n) is 9.61. The van der Waals surface area contributed by atoms with Crippen molar-refractivity contribution in [1.82, 2.24) is 5.32 Å². The lowest BCUT2D eigenvalue weighted by atomic mass is 10.2. The molecular weight excluding hydrogens is 372 g/mol. The molecule has 6 heteroatoms. The van der Waals surface area contributed by atoms with E-state index in [9.17, 15) is 4.79 Å². The van der Waals surface area contributed by atoms with Gasteiger partial charge in [0.2, 0.25) is 5.91 Å². The molecule has 1 atom stereocenters. The maximum Gasteiger partial charge on any atom is 0.233 e. The molecule has 0 aromatic heterocycles. The van der Waals surface area contributed by atoms with Gasteiger partial charge in [0, 0.05) is 30.2 Å². The summed E-state index contributed by atoms with van der Waals surface area (Å²) in [6.45, 7) is 4.73. The third-order valence-corrected chi connectivity index (χ3v) is 6.01. The van der Waals surface area contributed by atoms with Gasteiger partial charge in [-0.2, -0.15) is 0 Å². The number of rotatable bonds is 8. The molecule has 2 aromatic rings. The van der Waals surface area contributed by atoms with Gasteiger partial charge in [-0.3, -0.25) is 4.79 Å². The summed E-state index contributed by atoms with van der Waals surface area (Å²) in [6.07, 6.45) is 2.54. The van der Waals surface area contributed by atoms with Crippen LogP contribution in [0.1, 0.15) is 25.3 Å². The van der Waals surface area contributed by atoms with Gasteiger partial charge in [-0.05, 0) is 55.7 Å². The van der Waals surface area contributed by atoms with Crippen LogP contribution >= 0.6 is 11.8 Å². The number of hydrogen-bond donors (Lipinski definition) is 1. The molecule has 28 heavy (non-hydrogen) atoms. The van der Waals surface area contributed by atoms with Gasteiger partial charge in [0.15, 0.2) is 11.5 Å². The quantitative estimate of drug-likeness (QED) is 0.676. The van der Waals surface area contributed by atoms with Crippen LogP contribution in [0.2, 0.25) is 0 Å². The van der Waals surface area contributed by atoms with Crippen molar-refractivity contribution in [2.45, 2.75) is 36.5 Å². The van der Waals surface area contributed by atoms with Crippen LogP contribution < -0.4 is 19.7 Å². The standard InChI is InChI=1S/C22H28N2O3S/c1-16(28-19-10-11-20(26-2)21(14-19)27-3)22(25)23-15-17-6-8-18(9-7-17)24-12-4-5-13-24/h6-11,14,16H,4-5,12-13,15H2,1-3H3,(H,23,25)/t16-/m0/s1. The van der Waals surface area contributed by atoms with Crippen molar-refractivity contribution in [3.05, 3.63) is 48.0 Å². The van der Waals surface area contributed by atoms with Crippen molar-refractivity contribution in [2.75, 3.05) is 32.2 Å². The Hall–Kier alpha value is -2.34. The molecule has 5 nitrogen and oxygen atoms in total. The number of anilines is 1. The number of thioether (sulfide) groups is 1. The Morgan fingerprint density at radius 3 is 2.39 bits per heavy atom. The Balaban J connectivity index is 1.51. The fourth-order valence-electron chi connectivity index (χ4n) is 3.28. The predicted molar refractivity (Wildman–Crippen MR) is 115 cm³/mol. The van der Waals surface area contributed by atoms with Gasteiger partial charge in [0.1, 0.15) is 0 Å². The van der Waals surface area contributed by atoms with Gasteiger partial charge in [-0.25, -0.2) is 0 Å². The zero-order valence-electron chi connectivity index (χ0n) is 16.7. The third kappa shape index (κ3) is 5.13. The van der Waals surface area contributed by atoms with Crippen molar-refractivity contribution in [3.8, 4) is 11.5 Å². The van der Waals surface area contributed by atoms with Crippen LogP contribution in [0.25, 0.3) is 0 Å². The van der Waals surface area contributed by atoms with Crippen LogP contribution in [0.3, 0.4) is 0 Å². The Bertz CT molecular complexity index is 789. The van der Waals surface area contributed by atoms with E-state index in [4.69, 9.17) is 9.47 Å². The van der Waals surface area contributed by atoms with Crippen LogP contribution in [0.15, 0.2) is 47.4 Å². The summed E-state index contributed by atoms with van der Waals surface area (Å²) in [5.41, 5.74) is 2.38. The van der Waals surface area contributed by atoms with Gasteiger partial charge in [0.25, 0.3) is 0 Å². The summed E-state index contributed by atoms with van der Waals surface area (Å²) in [5, 5.41) is 2.82. The number of ether oxygens (including phenoxy) is 2. The Kier molecular flexibility index (Phi) is 7.09. The number of benzene rings is 2. The lowest BCUT2D eigenvalue weighted by molar-refractivity contribution is -0.120. The molecule has 0 radical (unpaired) electrons. The average molecular weight is 401 g/mol. The maximum absolute atomic E-state index is 12.5. The number of carbonyl (C=O) groups is 1. The molecule has 0 spiro atoms. The SMILES string of the molecule is COc1ccc(S[C@@H](C)C(=O)NCc2ccc(N3CCCC3)cc2)cc1OC. The second-order valence-corrected chi connectivity index (χ2v) is 8.27. The molecular formula is C22H28N2O3S. The van der Waals surface area contributed by atoms with Gasteiger partial charge in [-0.1, -0.05) is 12.1 Å². The number of methoxy groups -OCH3 is 2. The number of hydrogen-bond acceptors (Lipinski definition) is 5. The van der Waals surface area contributed by atoms with Crippen molar-refractivity contribution in [3.63, 3.8) is 0 Å². The molecule has 0 aliphatic carbocycles. The molecule has 1 N–H and O–H groups in total. The molecule has 1 aliphatic heterocycles. The van der Waals surface area contributed by atoms with Crippen molar-refractivity contribution < 1.29 is 14.3 Å². The highest BCUT2D eigenvalue weighted by atomic mass is 32.2. The van der Waals surface area contributed by atoms with Gasteiger partial charge in [0.05, 0.1) is 19.5 Å². The molecule has 2 aromatic carbocycles. The van der Waals surface area contributed by atoms with Crippen LogP contribution in [-0.2, 0) is 11.3 Å². The second kappa shape index (κ2) is 9.73. The molecule has 0 unspecified atom stereocenters. The third-order valence-electron chi connectivity index (χ3n) is 4.91. The fraction of sp³-hybridized carbons (Fsp3) is 0.409. The topological polar surface area (TPSA) is 50.8 Å². The summed E-state index contributed by atoms with van der Waals surface area (Å²) in [5.74, 6) is 1.36. The molecule has 1 aliphatic rings. The lowest BCUT2D eigenvalue weighted by Gasteiger charge is -2.18. The summed E-state index contributed by atoms with van der Waals surface area (Å²) in [4.78, 5) is 15.9. The molecule has 3 rings (SSSR count). The minimum atomic E-state index is -0.207. The minimum absolute atomic E-state index is 0.0170. The van der Waals surface area contributed by atoms with E-state index in [1.807, 2.05) is 25.1 Å². The van der Waals surface area contributed by atoms with E-state index in [0.717, 1.165) is 23.5 Å². The first kappa shape index (κ1) is 20.4. The molecule has 1 amide bonds. The van der Waals surface area contributed by atoms with Crippen LogP contribution in [0.5, 0.6) is 11.5 Å². The molecule has 1 saturated heterocycles. The summed E-state index contributed by atoms with van der Waals surface area (Å²) in [6, 6.07) is 14.2. The summed E-state index contributed by atoms with van der Waals surface area (Å²) < 4.78 is 10.6. The summed E-state index contributed by atoms with van der Waals surface area (Å²) in [7, 11) is 3.22. The van der Waals surface area contributed by atoms with Crippen molar-refractivity contribution in [1.29, 1.82) is 0 Å². The highest BCUT2D eigenvalue weighted by molar-refractivity contribution is 8.00. The number of amides is 1. The van der Waals surface area contributed by atoms with E-state index in [1.165, 1.54) is 30.3 Å². The first-order chi connectivity index (χ1) is 13.6. The predicted octanol–water partition coefficient (Wildman–Crippen LogP) is 4.10. The van der Waals surface area contributed by atoms with Gasteiger partial charge < -0.3 is 19.7 Å². The lowest BCUT2D eigenvalue weighted by Crippen LogP contribution is -2.30. The number of nitrogens with one attached hydrogen (secondary N) is 1. The average Bonchev–Trinajstić information content (AvgIpc) is 3.27. The van der Waals surface area contributed by atoms with Gasteiger partial charge in [-0.15, -0.1) is 11.8 Å². The van der Waals surface area contributed by atoms with Crippen LogP contribution in [0, 0.1) is 0 Å². The van der Waals surface area contributed by atoms with E-state index in [0.29, 0.717) is 18.0 Å². The van der Waals surface area contributed by atoms with Crippen molar-refractivity contribution >= 4 is 23.4 Å². The Morgan fingerprint density at radius 1 is 1.07 bits per heavy atom. The summed E-state index contributed by atoms with van der Waals surface area (Å²) >= 11 is 1.50. The second-order valence-electron chi connectivity index (χ2n) is 6.86. The van der Waals surface area contributed by atoms with E-state index >= 15 is 0 Å². The number of carbonyl (C=O) groups excluding carboxylic acids is 1. The van der Waals surface area contributed by atoms with E-state index in [-0.39, 0.29) is 11.2 Å². The number of nitrogens with zero attached hydrogens (tertiary/aromatic N) is 1. The zero-order valence-corrected chi connectivity index (χ0v) is 17.6. The molecule has 1 heterocycles. The van der Waals surface area contributed by atoms with E-state index < -0.39 is 0 Å². The molecule has 150 valence electrons. The fourth-order valence-corrected chi connectivity index (χ4v) is 4.20. The zero-order chi connectivity index (χ0) is 19.9. The minimum Gasteiger partial charge on any atom is -0.493 e. The molecule has 1 fully saturated rings. The smallest absolute Gasteiger partial charge is 0.233 e. The van der Waals surface area contributed by atoms with Crippen molar-refractivity contribution in [2.24, 2.45) is 0 Å². The normalized spacial score (nSPS) is 14.6.